The molecule has 114 valence electrons. The number of fused-ring (bicyclic) bond motifs is 3. The summed E-state index contributed by atoms with van der Waals surface area (Å²) in [4.78, 5) is 26.3. The molecule has 1 aromatic heterocycles. The van der Waals surface area contributed by atoms with Gasteiger partial charge in [-0.3, -0.25) is 19.4 Å². The zero-order valence-electron chi connectivity index (χ0n) is 12.6. The smallest absolute Gasteiger partial charge is 0.267 e. The summed E-state index contributed by atoms with van der Waals surface area (Å²) in [5.74, 6) is 2.60. The predicted octanol–water partition coefficient (Wildman–Crippen LogP) is 1.42. The van der Waals surface area contributed by atoms with Crippen molar-refractivity contribution in [1.82, 2.24) is 14.7 Å². The molecule has 0 spiro atoms. The van der Waals surface area contributed by atoms with Gasteiger partial charge in [-0.15, -0.1) is 0 Å². The molecule has 3 unspecified atom stereocenters. The molecule has 3 atom stereocenters. The van der Waals surface area contributed by atoms with Gasteiger partial charge in [0.25, 0.3) is 5.56 Å². The summed E-state index contributed by atoms with van der Waals surface area (Å²) in [7, 11) is 1.85. The second-order valence-corrected chi connectivity index (χ2v) is 7.13. The van der Waals surface area contributed by atoms with Gasteiger partial charge < -0.3 is 4.90 Å². The number of carbonyl (C=O) groups is 1. The Morgan fingerprint density at radius 3 is 2.90 bits per heavy atom. The maximum Gasteiger partial charge on any atom is 0.267 e. The number of carbonyl (C=O) groups excluding carboxylic acids is 1. The lowest BCUT2D eigenvalue weighted by Crippen LogP contribution is -2.38. The second kappa shape index (κ2) is 4.75. The first kappa shape index (κ1) is 13.2. The Bertz CT molecular complexity index is 630. The number of amides is 1. The Labute approximate surface area is 124 Å². The summed E-state index contributed by atoms with van der Waals surface area (Å²) in [6.07, 6.45) is 6.74. The van der Waals surface area contributed by atoms with E-state index >= 15 is 0 Å². The Kier molecular flexibility index (Phi) is 2.98. The molecule has 2 saturated carbocycles. The molecule has 3 aliphatic rings. The van der Waals surface area contributed by atoms with E-state index in [0.717, 1.165) is 29.5 Å². The maximum atomic E-state index is 12.6. The highest BCUT2D eigenvalue weighted by Crippen LogP contribution is 2.49. The summed E-state index contributed by atoms with van der Waals surface area (Å²) in [5.41, 5.74) is 1.85. The van der Waals surface area contributed by atoms with Crippen LogP contribution in [0.4, 0.5) is 0 Å². The van der Waals surface area contributed by atoms with Crippen LogP contribution in [0.1, 0.15) is 43.4 Å². The summed E-state index contributed by atoms with van der Waals surface area (Å²) >= 11 is 0. The highest BCUT2D eigenvalue weighted by Gasteiger charge is 2.40. The zero-order chi connectivity index (χ0) is 14.6. The fourth-order valence-electron chi connectivity index (χ4n) is 4.78. The lowest BCUT2D eigenvalue weighted by Gasteiger charge is -2.29. The molecular weight excluding hydrogens is 266 g/mol. The Morgan fingerprint density at radius 2 is 2.19 bits per heavy atom. The quantitative estimate of drug-likeness (QED) is 0.895. The van der Waals surface area contributed by atoms with Crippen LogP contribution in [0, 0.1) is 17.8 Å². The molecule has 0 aromatic carbocycles. The van der Waals surface area contributed by atoms with Crippen molar-refractivity contribution in [3.05, 3.63) is 21.6 Å². The molecule has 21 heavy (non-hydrogen) atoms. The van der Waals surface area contributed by atoms with Gasteiger partial charge in [0.2, 0.25) is 5.91 Å². The van der Waals surface area contributed by atoms with Crippen molar-refractivity contribution in [2.24, 2.45) is 24.8 Å². The van der Waals surface area contributed by atoms with Crippen molar-refractivity contribution in [2.75, 3.05) is 6.54 Å². The highest BCUT2D eigenvalue weighted by molar-refractivity contribution is 5.76. The van der Waals surface area contributed by atoms with E-state index in [1.165, 1.54) is 25.7 Å². The summed E-state index contributed by atoms with van der Waals surface area (Å²) < 4.78 is 1.77. The van der Waals surface area contributed by atoms with Crippen LogP contribution >= 0.6 is 0 Å². The summed E-state index contributed by atoms with van der Waals surface area (Å²) in [5, 5.41) is 2.80. The fourth-order valence-corrected chi connectivity index (χ4v) is 4.78. The van der Waals surface area contributed by atoms with E-state index in [1.807, 2.05) is 11.9 Å². The van der Waals surface area contributed by atoms with E-state index < -0.39 is 0 Å². The first-order chi connectivity index (χ1) is 10.1. The molecule has 1 aliphatic heterocycles. The van der Waals surface area contributed by atoms with Crippen LogP contribution in [0.3, 0.4) is 0 Å². The number of hydrogen-bond donors (Lipinski definition) is 1. The fraction of sp³-hybridized carbons (Fsp3) is 0.750. The lowest BCUT2D eigenvalue weighted by molar-refractivity contribution is -0.133. The first-order valence-corrected chi connectivity index (χ1v) is 8.16. The van der Waals surface area contributed by atoms with Crippen LogP contribution < -0.4 is 5.56 Å². The van der Waals surface area contributed by atoms with Crippen molar-refractivity contribution in [1.29, 1.82) is 0 Å². The van der Waals surface area contributed by atoms with Crippen LogP contribution in [0.15, 0.2) is 4.79 Å². The number of nitrogens with zero attached hydrogens (tertiary/aromatic N) is 2. The van der Waals surface area contributed by atoms with E-state index in [0.29, 0.717) is 25.4 Å². The van der Waals surface area contributed by atoms with Gasteiger partial charge >= 0.3 is 0 Å². The van der Waals surface area contributed by atoms with E-state index in [9.17, 15) is 9.59 Å². The van der Waals surface area contributed by atoms with Crippen LogP contribution in [0.2, 0.25) is 0 Å². The highest BCUT2D eigenvalue weighted by atomic mass is 16.2. The maximum absolute atomic E-state index is 12.6. The second-order valence-electron chi connectivity index (χ2n) is 7.13. The standard InChI is InChI=1S/C16H23N3O2/c1-18-14-9-19(5-4-13(14)16(21)17-18)15(20)8-12-7-10-2-3-11(12)6-10/h10-12H,2-9H2,1H3,(H,17,21). The van der Waals surface area contributed by atoms with Crippen molar-refractivity contribution < 1.29 is 4.79 Å². The molecule has 1 amide bonds. The average Bonchev–Trinajstić information content (AvgIpc) is 3.15. The van der Waals surface area contributed by atoms with Gasteiger partial charge in [-0.2, -0.15) is 0 Å². The number of aromatic amines is 1. The minimum absolute atomic E-state index is 0.00713. The first-order valence-electron chi connectivity index (χ1n) is 8.16. The van der Waals surface area contributed by atoms with Gasteiger partial charge in [0.1, 0.15) is 0 Å². The van der Waals surface area contributed by atoms with E-state index in [-0.39, 0.29) is 11.5 Å². The third-order valence-corrected chi connectivity index (χ3v) is 5.94. The molecule has 2 heterocycles. The van der Waals surface area contributed by atoms with E-state index in [4.69, 9.17) is 0 Å². The minimum atomic E-state index is 0.00713. The number of H-pyrrole nitrogens is 1. The van der Waals surface area contributed by atoms with Crippen LogP contribution in [0.25, 0.3) is 0 Å². The monoisotopic (exact) mass is 289 g/mol. The van der Waals surface area contributed by atoms with Gasteiger partial charge in [-0.05, 0) is 43.4 Å². The predicted molar refractivity (Wildman–Crippen MR) is 78.7 cm³/mol. The number of rotatable bonds is 2. The van der Waals surface area contributed by atoms with E-state index in [2.05, 4.69) is 5.10 Å². The van der Waals surface area contributed by atoms with Crippen LogP contribution in [0.5, 0.6) is 0 Å². The Hall–Kier alpha value is -1.52. The van der Waals surface area contributed by atoms with Crippen LogP contribution in [-0.2, 0) is 24.8 Å². The minimum Gasteiger partial charge on any atom is -0.336 e. The molecule has 1 N–H and O–H groups in total. The van der Waals surface area contributed by atoms with Crippen molar-refractivity contribution >= 4 is 5.91 Å². The largest absolute Gasteiger partial charge is 0.336 e. The molecule has 4 rings (SSSR count). The topological polar surface area (TPSA) is 58.1 Å². The van der Waals surface area contributed by atoms with Crippen molar-refractivity contribution in [3.63, 3.8) is 0 Å². The molecule has 0 radical (unpaired) electrons. The molecule has 2 bridgehead atoms. The molecule has 5 nitrogen and oxygen atoms in total. The van der Waals surface area contributed by atoms with Crippen molar-refractivity contribution in [3.8, 4) is 0 Å². The van der Waals surface area contributed by atoms with Gasteiger partial charge in [-0.25, -0.2) is 0 Å². The Balaban J connectivity index is 1.44. The third kappa shape index (κ3) is 2.14. The van der Waals surface area contributed by atoms with Gasteiger partial charge in [-0.1, -0.05) is 6.42 Å². The zero-order valence-corrected chi connectivity index (χ0v) is 12.6. The van der Waals surface area contributed by atoms with Gasteiger partial charge in [0, 0.05) is 25.6 Å². The van der Waals surface area contributed by atoms with Crippen molar-refractivity contribution in [2.45, 2.75) is 45.1 Å². The average molecular weight is 289 g/mol. The number of nitrogens with one attached hydrogen (secondary N) is 1. The van der Waals surface area contributed by atoms with Crippen LogP contribution in [-0.4, -0.2) is 27.1 Å². The third-order valence-electron chi connectivity index (χ3n) is 5.94. The number of hydrogen-bond acceptors (Lipinski definition) is 2. The molecule has 2 aliphatic carbocycles. The molecule has 1 aromatic rings. The summed E-state index contributed by atoms with van der Waals surface area (Å²) in [6.45, 7) is 1.28. The summed E-state index contributed by atoms with van der Waals surface area (Å²) in [6, 6.07) is 0. The van der Waals surface area contributed by atoms with E-state index in [1.54, 1.807) is 4.68 Å². The number of aromatic nitrogens is 2. The molecule has 2 fully saturated rings. The van der Waals surface area contributed by atoms with Gasteiger partial charge in [0.15, 0.2) is 0 Å². The molecule has 0 saturated heterocycles. The number of aryl methyl sites for hydroxylation is 1. The lowest BCUT2D eigenvalue weighted by atomic mass is 9.86. The SMILES string of the molecule is Cn1[nH]c(=O)c2c1CN(C(=O)CC1CC3CCC1C3)CC2. The Morgan fingerprint density at radius 1 is 1.33 bits per heavy atom. The normalized spacial score (nSPS) is 30.7. The van der Waals surface area contributed by atoms with Gasteiger partial charge in [0.05, 0.1) is 12.2 Å². The molecule has 5 heteroatoms. The molecular formula is C16H23N3O2.